The number of rotatable bonds is 8. The molecule has 0 aromatic heterocycles. The summed E-state index contributed by atoms with van der Waals surface area (Å²) < 4.78 is 20.6. The van der Waals surface area contributed by atoms with E-state index in [1.807, 2.05) is 0 Å². The summed E-state index contributed by atoms with van der Waals surface area (Å²) in [6, 6.07) is 0.611. The van der Waals surface area contributed by atoms with Crippen LogP contribution in [0, 0.1) is 0 Å². The molecular formula is C10H21NaO6Si. The van der Waals surface area contributed by atoms with Crippen molar-refractivity contribution in [2.75, 3.05) is 27.9 Å². The summed E-state index contributed by atoms with van der Waals surface area (Å²) in [6.07, 6.45) is 0.640. The predicted octanol–water partition coefficient (Wildman–Crippen LogP) is -1.80. The van der Waals surface area contributed by atoms with Crippen LogP contribution in [0.5, 0.6) is 0 Å². The molecule has 0 aromatic carbocycles. The minimum atomic E-state index is -2.53. The van der Waals surface area contributed by atoms with Crippen molar-refractivity contribution >= 4 is 14.8 Å². The molecule has 0 heterocycles. The minimum absolute atomic E-state index is 0. The summed E-state index contributed by atoms with van der Waals surface area (Å²) in [5, 5.41) is 0. The molecule has 0 rings (SSSR count). The predicted molar refractivity (Wildman–Crippen MR) is 63.9 cm³/mol. The van der Waals surface area contributed by atoms with E-state index >= 15 is 0 Å². The van der Waals surface area contributed by atoms with Crippen LogP contribution in [0.4, 0.5) is 0 Å². The summed E-state index contributed by atoms with van der Waals surface area (Å²) in [6.45, 7) is 5.42. The van der Waals surface area contributed by atoms with Gasteiger partial charge in [0.05, 0.1) is 6.61 Å². The first kappa shape index (κ1) is 23.4. The van der Waals surface area contributed by atoms with Gasteiger partial charge in [-0.15, -0.1) is 0 Å². The smallest absolute Gasteiger partial charge is 0.870 e. The fourth-order valence-corrected chi connectivity index (χ4v) is 2.82. The summed E-state index contributed by atoms with van der Waals surface area (Å²) in [4.78, 5) is 11.1. The van der Waals surface area contributed by atoms with E-state index in [9.17, 15) is 4.79 Å². The van der Waals surface area contributed by atoms with Crippen LogP contribution in [0.2, 0.25) is 6.04 Å². The fourth-order valence-electron chi connectivity index (χ4n) is 1.13. The zero-order chi connectivity index (χ0) is 12.6. The van der Waals surface area contributed by atoms with Crippen LogP contribution in [-0.2, 0) is 22.8 Å². The molecule has 0 bridgehead atoms. The molecule has 0 radical (unpaired) electrons. The molecule has 0 aliphatic rings. The van der Waals surface area contributed by atoms with Crippen molar-refractivity contribution in [3.63, 3.8) is 0 Å². The second-order valence-electron chi connectivity index (χ2n) is 3.32. The van der Waals surface area contributed by atoms with Crippen LogP contribution >= 0.6 is 0 Å². The van der Waals surface area contributed by atoms with Crippen molar-refractivity contribution in [1.29, 1.82) is 0 Å². The standard InChI is InChI=1S/C10H20O5Si.Na.H2O/c1-9(2)10(11)15-7-6-8-16(12-3,13-4)14-5;;/h1,6-8H2,2-5H3;;1H2/q;+1;/p-1. The average Bonchev–Trinajstić information content (AvgIpc) is 2.30. The summed E-state index contributed by atoms with van der Waals surface area (Å²) in [5.74, 6) is -0.375. The molecule has 0 unspecified atom stereocenters. The number of carbonyl (C=O) groups excluding carboxylic acids is 1. The molecule has 8 heteroatoms. The van der Waals surface area contributed by atoms with Crippen LogP contribution in [-0.4, -0.2) is 48.2 Å². The molecule has 6 nitrogen and oxygen atoms in total. The van der Waals surface area contributed by atoms with Gasteiger partial charge in [-0.05, 0) is 13.3 Å². The number of esters is 1. The number of hydrogen-bond acceptors (Lipinski definition) is 6. The van der Waals surface area contributed by atoms with E-state index in [-0.39, 0.29) is 41.0 Å². The average molecular weight is 288 g/mol. The summed E-state index contributed by atoms with van der Waals surface area (Å²) in [5.41, 5.74) is 0.397. The summed E-state index contributed by atoms with van der Waals surface area (Å²) >= 11 is 0. The van der Waals surface area contributed by atoms with E-state index < -0.39 is 8.80 Å². The molecule has 0 saturated heterocycles. The van der Waals surface area contributed by atoms with Crippen LogP contribution < -0.4 is 29.6 Å². The normalized spacial score (nSPS) is 10.0. The van der Waals surface area contributed by atoms with Crippen molar-refractivity contribution in [2.24, 2.45) is 0 Å². The Morgan fingerprint density at radius 1 is 1.17 bits per heavy atom. The van der Waals surface area contributed by atoms with E-state index in [4.69, 9.17) is 18.0 Å². The molecule has 102 valence electrons. The monoisotopic (exact) mass is 288 g/mol. The second-order valence-corrected chi connectivity index (χ2v) is 6.41. The first-order chi connectivity index (χ1) is 7.51. The van der Waals surface area contributed by atoms with E-state index in [0.29, 0.717) is 24.6 Å². The van der Waals surface area contributed by atoms with Crippen molar-refractivity contribution in [1.82, 2.24) is 0 Å². The molecule has 0 aliphatic heterocycles. The Balaban J connectivity index is -0.00000112. The van der Waals surface area contributed by atoms with Gasteiger partial charge >= 0.3 is 44.3 Å². The van der Waals surface area contributed by atoms with Gasteiger partial charge in [-0.1, -0.05) is 6.58 Å². The van der Waals surface area contributed by atoms with Gasteiger partial charge in [0.1, 0.15) is 0 Å². The van der Waals surface area contributed by atoms with E-state index in [2.05, 4.69) is 6.58 Å². The first-order valence-corrected chi connectivity index (χ1v) is 6.92. The van der Waals surface area contributed by atoms with Gasteiger partial charge in [0.15, 0.2) is 0 Å². The quantitative estimate of drug-likeness (QED) is 0.227. The largest absolute Gasteiger partial charge is 1.00 e. The molecule has 0 atom stereocenters. The van der Waals surface area contributed by atoms with Crippen LogP contribution in [0.25, 0.3) is 0 Å². The molecule has 1 N–H and O–H groups in total. The van der Waals surface area contributed by atoms with Crippen LogP contribution in [0.1, 0.15) is 13.3 Å². The Bertz CT molecular complexity index is 236. The Morgan fingerprint density at radius 3 is 1.94 bits per heavy atom. The number of carbonyl (C=O) groups is 1. The molecule has 0 fully saturated rings. The topological polar surface area (TPSA) is 84.0 Å². The molecular weight excluding hydrogens is 267 g/mol. The van der Waals surface area contributed by atoms with Gasteiger partial charge < -0.3 is 23.5 Å². The van der Waals surface area contributed by atoms with Gasteiger partial charge in [0, 0.05) is 32.9 Å². The Hall–Kier alpha value is 0.267. The van der Waals surface area contributed by atoms with Crippen molar-refractivity contribution in [3.05, 3.63) is 12.2 Å². The molecule has 18 heavy (non-hydrogen) atoms. The molecule has 0 aliphatic carbocycles. The third-order valence-corrected chi connectivity index (χ3v) is 4.97. The van der Waals surface area contributed by atoms with Gasteiger partial charge in [-0.2, -0.15) is 0 Å². The number of ether oxygens (including phenoxy) is 1. The molecule has 0 amide bonds. The molecule has 0 spiro atoms. The third-order valence-electron chi connectivity index (χ3n) is 2.14. The Kier molecular flexibility index (Phi) is 16.0. The van der Waals surface area contributed by atoms with E-state index in [1.54, 1.807) is 28.3 Å². The van der Waals surface area contributed by atoms with E-state index in [1.165, 1.54) is 0 Å². The SMILES string of the molecule is C=C(C)C(=O)OCCC[Si](OC)(OC)OC.[Na+].[OH-]. The van der Waals surface area contributed by atoms with Crippen molar-refractivity contribution in [2.45, 2.75) is 19.4 Å². The van der Waals surface area contributed by atoms with Gasteiger partial charge in [-0.3, -0.25) is 0 Å². The first-order valence-electron chi connectivity index (χ1n) is 4.99. The molecule has 0 saturated carbocycles. The van der Waals surface area contributed by atoms with Gasteiger partial charge in [0.2, 0.25) is 0 Å². The number of hydrogen-bond donors (Lipinski definition) is 0. The second kappa shape index (κ2) is 12.3. The third kappa shape index (κ3) is 8.38. The van der Waals surface area contributed by atoms with E-state index in [0.717, 1.165) is 0 Å². The summed E-state index contributed by atoms with van der Waals surface area (Å²) in [7, 11) is 2.13. The Labute approximate surface area is 132 Å². The van der Waals surface area contributed by atoms with Gasteiger partial charge in [0.25, 0.3) is 0 Å². The van der Waals surface area contributed by atoms with Crippen LogP contribution in [0.15, 0.2) is 12.2 Å². The Morgan fingerprint density at radius 2 is 1.61 bits per heavy atom. The van der Waals surface area contributed by atoms with Crippen molar-refractivity contribution in [3.8, 4) is 0 Å². The van der Waals surface area contributed by atoms with Crippen molar-refractivity contribution < 1.29 is 57.8 Å². The van der Waals surface area contributed by atoms with Gasteiger partial charge in [-0.25, -0.2) is 4.79 Å². The van der Waals surface area contributed by atoms with Crippen LogP contribution in [0.3, 0.4) is 0 Å². The fraction of sp³-hybridized carbons (Fsp3) is 0.700. The molecule has 0 aromatic rings. The maximum atomic E-state index is 11.1. The maximum Gasteiger partial charge on any atom is 1.00 e. The zero-order valence-corrected chi connectivity index (χ0v) is 14.8. The maximum absolute atomic E-state index is 11.1. The minimum Gasteiger partial charge on any atom is -0.870 e. The zero-order valence-electron chi connectivity index (χ0n) is 11.8.